The fourth-order valence-corrected chi connectivity index (χ4v) is 8.35. The van der Waals surface area contributed by atoms with Gasteiger partial charge < -0.3 is 9.80 Å². The quantitative estimate of drug-likeness (QED) is 0.175. The molecule has 4 heterocycles. The molecule has 2 aromatic heterocycles. The van der Waals surface area contributed by atoms with E-state index in [-0.39, 0.29) is 0 Å². The Morgan fingerprint density at radius 1 is 0.404 bits per heavy atom. The highest BCUT2D eigenvalue weighted by atomic mass is 32.2. The Kier molecular flexibility index (Phi) is 7.28. The molecule has 0 bridgehead atoms. The zero-order chi connectivity index (χ0) is 34.4. The van der Waals surface area contributed by atoms with Gasteiger partial charge in [-0.05, 0) is 82.9 Å². The van der Waals surface area contributed by atoms with Crippen molar-refractivity contribution in [3.05, 3.63) is 170 Å². The van der Waals surface area contributed by atoms with E-state index in [0.29, 0.717) is 11.6 Å². The molecule has 0 aliphatic carbocycles. The average molecular weight is 689 g/mol. The predicted molar refractivity (Wildman–Crippen MR) is 206 cm³/mol. The smallest absolute Gasteiger partial charge is 0.163 e. The fourth-order valence-electron chi connectivity index (χ4n) is 7.29. The highest BCUT2D eigenvalue weighted by Gasteiger charge is 2.28. The summed E-state index contributed by atoms with van der Waals surface area (Å²) in [6.45, 7) is 0. The number of anilines is 6. The predicted octanol–water partition coefficient (Wildman–Crippen LogP) is 10.4. The van der Waals surface area contributed by atoms with E-state index < -0.39 is 0 Å². The highest BCUT2D eigenvalue weighted by molar-refractivity contribution is 7.99. The van der Waals surface area contributed by atoms with Crippen molar-refractivity contribution < 1.29 is 0 Å². The first kappa shape index (κ1) is 30.1. The van der Waals surface area contributed by atoms with Gasteiger partial charge in [0, 0.05) is 50.1 Å². The van der Waals surface area contributed by atoms with Crippen LogP contribution in [0.15, 0.2) is 169 Å². The third-order valence-electron chi connectivity index (χ3n) is 9.56. The van der Waals surface area contributed by atoms with Gasteiger partial charge in [0.05, 0.1) is 11.4 Å². The Bertz CT molecular complexity index is 2340. The molecule has 2 aliphatic rings. The summed E-state index contributed by atoms with van der Waals surface area (Å²) in [6.07, 6.45) is 7.06. The van der Waals surface area contributed by atoms with Gasteiger partial charge in [-0.3, -0.25) is 0 Å². The van der Waals surface area contributed by atoms with Crippen molar-refractivity contribution in [3.63, 3.8) is 0 Å². The summed E-state index contributed by atoms with van der Waals surface area (Å²) >= 11 is 1.79. The summed E-state index contributed by atoms with van der Waals surface area (Å²) in [7, 11) is 0. The Balaban J connectivity index is 1.18. The molecule has 0 unspecified atom stereocenters. The van der Waals surface area contributed by atoms with E-state index in [4.69, 9.17) is 0 Å². The zero-order valence-electron chi connectivity index (χ0n) is 27.7. The summed E-state index contributed by atoms with van der Waals surface area (Å²) in [4.78, 5) is 34.0. The Labute approximate surface area is 304 Å². The second kappa shape index (κ2) is 12.6. The van der Waals surface area contributed by atoms with Crippen LogP contribution in [0.2, 0.25) is 0 Å². The monoisotopic (exact) mass is 688 g/mol. The molecule has 52 heavy (non-hydrogen) atoms. The molecule has 0 saturated heterocycles. The van der Waals surface area contributed by atoms with E-state index in [1.165, 1.54) is 20.9 Å². The van der Waals surface area contributed by atoms with Crippen LogP contribution in [0.1, 0.15) is 11.1 Å². The van der Waals surface area contributed by atoms with E-state index in [1.54, 1.807) is 37.1 Å². The number of aromatic nitrogens is 6. The molecule has 0 amide bonds. The lowest BCUT2D eigenvalue weighted by Crippen LogP contribution is -2.18. The van der Waals surface area contributed by atoms with Crippen molar-refractivity contribution in [1.29, 1.82) is 0 Å². The third kappa shape index (κ3) is 5.09. The zero-order valence-corrected chi connectivity index (χ0v) is 28.5. The van der Waals surface area contributed by atoms with E-state index in [9.17, 15) is 0 Å². The number of rotatable bonds is 5. The van der Waals surface area contributed by atoms with Crippen molar-refractivity contribution in [2.45, 2.75) is 16.2 Å². The molecule has 0 fully saturated rings. The molecule has 8 nitrogen and oxygen atoms in total. The maximum Gasteiger partial charge on any atom is 0.163 e. The number of hydrogen-bond donors (Lipinski definition) is 0. The molecular formula is C43H28N8S. The minimum atomic E-state index is 0.573. The van der Waals surface area contributed by atoms with Crippen LogP contribution in [0.25, 0.3) is 33.9 Å². The van der Waals surface area contributed by atoms with Gasteiger partial charge in [0.25, 0.3) is 0 Å². The van der Waals surface area contributed by atoms with Gasteiger partial charge in [0.15, 0.2) is 11.6 Å². The molecule has 0 spiro atoms. The van der Waals surface area contributed by atoms with Gasteiger partial charge in [-0.25, -0.2) is 29.9 Å². The van der Waals surface area contributed by atoms with Crippen LogP contribution in [-0.4, -0.2) is 29.9 Å². The molecule has 0 atom stereocenters. The lowest BCUT2D eigenvalue weighted by molar-refractivity contribution is 1.05. The maximum absolute atomic E-state index is 4.66. The second-order valence-electron chi connectivity index (χ2n) is 12.5. The fraction of sp³-hybridized carbons (Fsp3) is 0.0233. The summed E-state index contributed by atoms with van der Waals surface area (Å²) in [6, 6.07) is 47.3. The normalized spacial score (nSPS) is 12.8. The highest BCUT2D eigenvalue weighted by Crippen LogP contribution is 2.52. The largest absolute Gasteiger partial charge is 0.310 e. The molecule has 0 N–H and O–H groups in total. The van der Waals surface area contributed by atoms with Crippen LogP contribution in [0.4, 0.5) is 34.1 Å². The lowest BCUT2D eigenvalue weighted by atomic mass is 9.91. The van der Waals surface area contributed by atoms with Crippen molar-refractivity contribution in [2.24, 2.45) is 0 Å². The van der Waals surface area contributed by atoms with Crippen molar-refractivity contribution in [1.82, 2.24) is 29.9 Å². The number of benzene rings is 6. The number of nitrogens with zero attached hydrogens (tertiary/aromatic N) is 8. The van der Waals surface area contributed by atoms with Gasteiger partial charge in [-0.2, -0.15) is 0 Å². The van der Waals surface area contributed by atoms with Crippen molar-refractivity contribution in [2.75, 3.05) is 9.80 Å². The molecule has 10 rings (SSSR count). The first-order valence-electron chi connectivity index (χ1n) is 17.0. The molecule has 8 aromatic rings. The molecule has 246 valence electrons. The topological polar surface area (TPSA) is 83.8 Å². The SMILES string of the molecule is c1ccc2c(c1)Cc1ccccc1N2c1ccc(-c2ccc(N3c4ccccc4Sc4ccccc43)cc2-c2ncncn2)c(-c2ncncn2)c1. The molecule has 6 aromatic carbocycles. The Hall–Kier alpha value is -6.71. The van der Waals surface area contributed by atoms with E-state index >= 15 is 0 Å². The molecule has 9 heteroatoms. The molecular weight excluding hydrogens is 661 g/mol. The van der Waals surface area contributed by atoms with Crippen LogP contribution in [-0.2, 0) is 6.42 Å². The molecule has 0 saturated carbocycles. The standard InChI is InChI=1S/C43H28N8S/c1-3-11-36-28(9-1)21-29-10-2-4-12-37(29)50(36)30-17-19-32(34(22-30)42-46-24-44-25-47-42)33-20-18-31(23-35(33)43-48-26-45-27-49-43)51-38-13-5-7-15-40(38)52-41-16-8-6-14-39(41)51/h1-20,22-27H,21H2. The minimum Gasteiger partial charge on any atom is -0.310 e. The van der Waals surface area contributed by atoms with Gasteiger partial charge in [-0.15, -0.1) is 0 Å². The van der Waals surface area contributed by atoms with Gasteiger partial charge in [0.2, 0.25) is 0 Å². The van der Waals surface area contributed by atoms with Crippen LogP contribution in [0.5, 0.6) is 0 Å². The van der Waals surface area contributed by atoms with E-state index in [2.05, 4.69) is 173 Å². The minimum absolute atomic E-state index is 0.573. The second-order valence-corrected chi connectivity index (χ2v) is 13.6. The van der Waals surface area contributed by atoms with Crippen LogP contribution >= 0.6 is 11.8 Å². The van der Waals surface area contributed by atoms with E-state index in [0.717, 1.165) is 62.8 Å². The summed E-state index contributed by atoms with van der Waals surface area (Å²) in [5.74, 6) is 1.15. The lowest BCUT2D eigenvalue weighted by Gasteiger charge is -2.34. The van der Waals surface area contributed by atoms with Crippen LogP contribution < -0.4 is 9.80 Å². The number of para-hydroxylation sites is 4. The van der Waals surface area contributed by atoms with E-state index in [1.807, 2.05) is 0 Å². The summed E-state index contributed by atoms with van der Waals surface area (Å²) < 4.78 is 0. The first-order valence-corrected chi connectivity index (χ1v) is 17.8. The van der Waals surface area contributed by atoms with Gasteiger partial charge in [0.1, 0.15) is 25.3 Å². The van der Waals surface area contributed by atoms with Crippen LogP contribution in [0.3, 0.4) is 0 Å². The number of hydrogen-bond acceptors (Lipinski definition) is 9. The third-order valence-corrected chi connectivity index (χ3v) is 10.7. The Morgan fingerprint density at radius 2 is 0.808 bits per heavy atom. The average Bonchev–Trinajstić information content (AvgIpc) is 3.22. The summed E-state index contributed by atoms with van der Waals surface area (Å²) in [5.41, 5.74) is 12.8. The number of fused-ring (bicyclic) bond motifs is 4. The van der Waals surface area contributed by atoms with Gasteiger partial charge >= 0.3 is 0 Å². The maximum atomic E-state index is 4.66. The first-order chi connectivity index (χ1) is 25.8. The van der Waals surface area contributed by atoms with Crippen molar-refractivity contribution >= 4 is 45.9 Å². The summed E-state index contributed by atoms with van der Waals surface area (Å²) in [5, 5.41) is 0. The Morgan fingerprint density at radius 3 is 1.29 bits per heavy atom. The van der Waals surface area contributed by atoms with Crippen molar-refractivity contribution in [3.8, 4) is 33.9 Å². The van der Waals surface area contributed by atoms with Gasteiger partial charge in [-0.1, -0.05) is 84.6 Å². The molecule has 0 radical (unpaired) electrons. The van der Waals surface area contributed by atoms with Crippen LogP contribution in [0, 0.1) is 0 Å². The molecule has 2 aliphatic heterocycles.